The minimum atomic E-state index is -4.07. The van der Waals surface area contributed by atoms with Crippen molar-refractivity contribution in [2.75, 3.05) is 17.9 Å². The maximum absolute atomic E-state index is 12.8. The van der Waals surface area contributed by atoms with Gasteiger partial charge in [-0.1, -0.05) is 17.7 Å². The number of guanidine groups is 1. The van der Waals surface area contributed by atoms with Crippen LogP contribution in [0.1, 0.15) is 11.3 Å². The molecule has 0 spiro atoms. The zero-order chi connectivity index (χ0) is 23.2. The number of rotatable bonds is 9. The fraction of sp³-hybridized carbons (Fsp3) is 0.278. The van der Waals surface area contributed by atoms with E-state index < -0.39 is 21.5 Å². The Bertz CT molecular complexity index is 1150. The molecule has 1 amide bonds. The Morgan fingerprint density at radius 2 is 1.97 bits per heavy atom. The standard InChI is InChI=1S/C18H23ClN6O5S/c1-11-6-7-14(24-31(28,29)15-5-3-4-13(19)12(15)2)17(27)25(11)10-16(26)22-8-9-30-23-18(20)21/h3-7,24H,8-10H2,1-2H3,(H,22,26)(H4,20,21,23). The summed E-state index contributed by atoms with van der Waals surface area (Å²) in [5.74, 6) is -0.858. The Hall–Kier alpha value is -3.09. The third-order valence-electron chi connectivity index (χ3n) is 4.15. The number of carbonyl (C=O) groups is 1. The highest BCUT2D eigenvalue weighted by atomic mass is 35.5. The van der Waals surface area contributed by atoms with Crippen LogP contribution in [0.5, 0.6) is 0 Å². The number of nitrogens with zero attached hydrogens (tertiary/aromatic N) is 1. The summed E-state index contributed by atoms with van der Waals surface area (Å²) in [4.78, 5) is 29.7. The van der Waals surface area contributed by atoms with E-state index in [0.29, 0.717) is 11.3 Å². The number of benzene rings is 1. The van der Waals surface area contributed by atoms with Crippen LogP contribution in [0.2, 0.25) is 5.02 Å². The molecule has 6 N–H and O–H groups in total. The van der Waals surface area contributed by atoms with Crippen LogP contribution in [0.15, 0.2) is 40.0 Å². The topological polar surface area (TPSA) is 168 Å². The van der Waals surface area contributed by atoms with Gasteiger partial charge in [-0.2, -0.15) is 0 Å². The molecule has 0 radical (unpaired) electrons. The Balaban J connectivity index is 2.15. The van der Waals surface area contributed by atoms with Crippen molar-refractivity contribution in [3.8, 4) is 0 Å². The number of anilines is 1. The lowest BCUT2D eigenvalue weighted by Crippen LogP contribution is -2.37. The second-order valence-corrected chi connectivity index (χ2v) is 8.52. The Labute approximate surface area is 184 Å². The van der Waals surface area contributed by atoms with Gasteiger partial charge in [-0.15, -0.1) is 0 Å². The fourth-order valence-electron chi connectivity index (χ4n) is 2.59. The largest absolute Gasteiger partial charge is 0.368 e. The average molecular weight is 471 g/mol. The summed E-state index contributed by atoms with van der Waals surface area (Å²) < 4.78 is 28.9. The van der Waals surface area contributed by atoms with Crippen LogP contribution in [0, 0.1) is 19.3 Å². The second-order valence-electron chi connectivity index (χ2n) is 6.46. The molecule has 13 heteroatoms. The molecule has 0 saturated carbocycles. The normalized spacial score (nSPS) is 11.1. The van der Waals surface area contributed by atoms with Gasteiger partial charge in [-0.05, 0) is 43.7 Å². The Morgan fingerprint density at radius 3 is 2.65 bits per heavy atom. The highest BCUT2D eigenvalue weighted by Crippen LogP contribution is 2.24. The van der Waals surface area contributed by atoms with Crippen LogP contribution in [0.3, 0.4) is 0 Å². The number of nitrogens with one attached hydrogen (secondary N) is 4. The van der Waals surface area contributed by atoms with Crippen molar-refractivity contribution in [3.05, 3.63) is 57.0 Å². The van der Waals surface area contributed by atoms with Gasteiger partial charge in [-0.25, -0.2) is 13.9 Å². The average Bonchev–Trinajstić information content (AvgIpc) is 2.68. The molecule has 0 aliphatic carbocycles. The predicted octanol–water partition coefficient (Wildman–Crippen LogP) is 0.450. The number of carbonyl (C=O) groups excluding carboxylic acids is 1. The summed E-state index contributed by atoms with van der Waals surface area (Å²) >= 11 is 6.00. The fourth-order valence-corrected chi connectivity index (χ4v) is 4.15. The van der Waals surface area contributed by atoms with E-state index in [9.17, 15) is 18.0 Å². The molecule has 11 nitrogen and oxygen atoms in total. The molecule has 0 bridgehead atoms. The van der Waals surface area contributed by atoms with Gasteiger partial charge >= 0.3 is 0 Å². The van der Waals surface area contributed by atoms with E-state index in [1.165, 1.54) is 24.3 Å². The molecule has 1 heterocycles. The van der Waals surface area contributed by atoms with Crippen molar-refractivity contribution in [1.82, 2.24) is 15.4 Å². The molecule has 1 aromatic heterocycles. The minimum absolute atomic E-state index is 0.0397. The van der Waals surface area contributed by atoms with Crippen molar-refractivity contribution in [1.29, 1.82) is 5.41 Å². The van der Waals surface area contributed by atoms with E-state index >= 15 is 0 Å². The molecule has 2 rings (SSSR count). The third kappa shape index (κ3) is 6.44. The smallest absolute Gasteiger partial charge is 0.275 e. The summed E-state index contributed by atoms with van der Waals surface area (Å²) in [5.41, 5.74) is 7.11. The highest BCUT2D eigenvalue weighted by Gasteiger charge is 2.20. The zero-order valence-corrected chi connectivity index (χ0v) is 18.4. The molecular weight excluding hydrogens is 448 g/mol. The van der Waals surface area contributed by atoms with Gasteiger partial charge in [0.25, 0.3) is 15.6 Å². The van der Waals surface area contributed by atoms with Crippen molar-refractivity contribution < 1.29 is 18.0 Å². The van der Waals surface area contributed by atoms with Crippen LogP contribution in [-0.2, 0) is 26.2 Å². The van der Waals surface area contributed by atoms with Crippen LogP contribution >= 0.6 is 11.6 Å². The van der Waals surface area contributed by atoms with E-state index in [0.717, 1.165) is 4.57 Å². The molecule has 0 unspecified atom stereocenters. The number of hydroxylamine groups is 1. The Morgan fingerprint density at radius 1 is 1.26 bits per heavy atom. The number of hydrogen-bond acceptors (Lipinski definition) is 6. The molecule has 31 heavy (non-hydrogen) atoms. The van der Waals surface area contributed by atoms with Crippen molar-refractivity contribution in [2.45, 2.75) is 25.3 Å². The lowest BCUT2D eigenvalue weighted by Gasteiger charge is -2.14. The van der Waals surface area contributed by atoms with Crippen molar-refractivity contribution >= 4 is 39.2 Å². The zero-order valence-electron chi connectivity index (χ0n) is 16.9. The first-order valence-corrected chi connectivity index (χ1v) is 10.9. The molecule has 2 aromatic rings. The first-order chi connectivity index (χ1) is 14.5. The number of aromatic nitrogens is 1. The van der Waals surface area contributed by atoms with Crippen LogP contribution in [0.25, 0.3) is 0 Å². The van der Waals surface area contributed by atoms with Crippen LogP contribution in [0.4, 0.5) is 5.69 Å². The monoisotopic (exact) mass is 470 g/mol. The predicted molar refractivity (Wildman–Crippen MR) is 116 cm³/mol. The third-order valence-corrected chi connectivity index (χ3v) is 6.07. The number of amides is 1. The maximum atomic E-state index is 12.8. The van der Waals surface area contributed by atoms with Crippen LogP contribution in [-0.4, -0.2) is 38.0 Å². The molecule has 0 aliphatic heterocycles. The lowest BCUT2D eigenvalue weighted by atomic mass is 10.2. The molecule has 1 aromatic carbocycles. The van der Waals surface area contributed by atoms with Gasteiger partial charge in [0.05, 0.1) is 11.5 Å². The van der Waals surface area contributed by atoms with Gasteiger partial charge < -0.3 is 15.6 Å². The number of nitrogens with two attached hydrogens (primary N) is 1. The quantitative estimate of drug-likeness (QED) is 0.153. The number of hydrogen-bond donors (Lipinski definition) is 5. The molecule has 0 aliphatic rings. The van der Waals surface area contributed by atoms with Gasteiger partial charge in [-0.3, -0.25) is 24.6 Å². The SMILES string of the molecule is Cc1c(Cl)cccc1S(=O)(=O)Nc1ccc(C)n(CC(=O)NCCONC(=N)N)c1=O. The van der Waals surface area contributed by atoms with Gasteiger partial charge in [0.1, 0.15) is 12.2 Å². The molecule has 0 atom stereocenters. The van der Waals surface area contributed by atoms with E-state index in [1.807, 2.05) is 0 Å². The van der Waals surface area contributed by atoms with E-state index in [1.54, 1.807) is 19.9 Å². The van der Waals surface area contributed by atoms with Crippen LogP contribution < -0.4 is 26.8 Å². The summed E-state index contributed by atoms with van der Waals surface area (Å²) in [6, 6.07) is 7.31. The molecule has 0 saturated heterocycles. The summed E-state index contributed by atoms with van der Waals surface area (Å²) in [6.45, 7) is 3.00. The van der Waals surface area contributed by atoms with Gasteiger partial charge in [0, 0.05) is 17.3 Å². The highest BCUT2D eigenvalue weighted by molar-refractivity contribution is 7.92. The summed E-state index contributed by atoms with van der Waals surface area (Å²) in [5, 5.41) is 9.75. The molecular formula is C18H23ClN6O5S. The van der Waals surface area contributed by atoms with E-state index in [4.69, 9.17) is 27.6 Å². The first-order valence-electron chi connectivity index (χ1n) is 9.00. The first kappa shape index (κ1) is 24.2. The maximum Gasteiger partial charge on any atom is 0.275 e. The van der Waals surface area contributed by atoms with E-state index in [2.05, 4.69) is 15.5 Å². The second kappa shape index (κ2) is 10.3. The Kier molecular flexibility index (Phi) is 8.02. The van der Waals surface area contributed by atoms with Crippen molar-refractivity contribution in [2.24, 2.45) is 5.73 Å². The molecule has 168 valence electrons. The number of aryl methyl sites for hydroxylation is 1. The summed E-state index contributed by atoms with van der Waals surface area (Å²) in [6.07, 6.45) is 0. The van der Waals surface area contributed by atoms with E-state index in [-0.39, 0.29) is 41.3 Å². The number of sulfonamides is 1. The summed E-state index contributed by atoms with van der Waals surface area (Å²) in [7, 11) is -4.07. The number of pyridine rings is 1. The molecule has 0 fully saturated rings. The minimum Gasteiger partial charge on any atom is -0.368 e. The number of halogens is 1. The lowest BCUT2D eigenvalue weighted by molar-refractivity contribution is -0.122. The van der Waals surface area contributed by atoms with Crippen molar-refractivity contribution in [3.63, 3.8) is 0 Å². The van der Waals surface area contributed by atoms with Gasteiger partial charge in [0.2, 0.25) is 11.9 Å². The van der Waals surface area contributed by atoms with Gasteiger partial charge in [0.15, 0.2) is 0 Å².